The number of benzene rings is 1. The van der Waals surface area contributed by atoms with Gasteiger partial charge in [-0.3, -0.25) is 9.59 Å². The number of methoxy groups -OCH3 is 1. The van der Waals surface area contributed by atoms with Crippen LogP contribution in [0, 0.1) is 0 Å². The number of carboxylic acid groups (broad SMARTS) is 1. The van der Waals surface area contributed by atoms with Gasteiger partial charge in [0.25, 0.3) is 0 Å². The summed E-state index contributed by atoms with van der Waals surface area (Å²) in [6.45, 7) is 0. The number of aryl methyl sites for hydroxylation is 1. The largest absolute Gasteiger partial charge is 0.504 e. The Morgan fingerprint density at radius 3 is 2.41 bits per heavy atom. The molecule has 3 N–H and O–H groups in total. The van der Waals surface area contributed by atoms with Gasteiger partial charge in [0.1, 0.15) is 0 Å². The summed E-state index contributed by atoms with van der Waals surface area (Å²) in [4.78, 5) is 33.6. The van der Waals surface area contributed by atoms with Gasteiger partial charge in [0.05, 0.1) is 13.5 Å². The predicted octanol–water partition coefficient (Wildman–Crippen LogP) is 0.590. The molecule has 0 aliphatic heterocycles. The summed E-state index contributed by atoms with van der Waals surface area (Å²) in [5, 5.41) is 27.1. The van der Waals surface area contributed by atoms with Crippen LogP contribution in [0.1, 0.15) is 18.4 Å². The number of phenolic OH excluding ortho intramolecular Hbond substituents is 2. The van der Waals surface area contributed by atoms with Gasteiger partial charge in [-0.05, 0) is 24.1 Å². The normalized spacial score (nSPS) is 11.5. The molecule has 1 aromatic rings. The van der Waals surface area contributed by atoms with Crippen molar-refractivity contribution in [2.24, 2.45) is 0 Å². The highest BCUT2D eigenvalue weighted by molar-refractivity contribution is 5.83. The first-order chi connectivity index (χ1) is 10.3. The highest BCUT2D eigenvalue weighted by Crippen LogP contribution is 2.25. The summed E-state index contributed by atoms with van der Waals surface area (Å²) >= 11 is 0. The zero-order valence-corrected chi connectivity index (χ0v) is 11.8. The lowest BCUT2D eigenvalue weighted by molar-refractivity contribution is -0.169. The Labute approximate surface area is 125 Å². The third-order valence-corrected chi connectivity index (χ3v) is 2.76. The molecular weight excluding hydrogens is 296 g/mol. The minimum atomic E-state index is -1.50. The first kappa shape index (κ1) is 17.3. The summed E-state index contributed by atoms with van der Waals surface area (Å²) in [5.41, 5.74) is 0.570. The zero-order chi connectivity index (χ0) is 16.7. The fraction of sp³-hybridized carbons (Fsp3) is 0.357. The van der Waals surface area contributed by atoms with Crippen molar-refractivity contribution in [3.63, 3.8) is 0 Å². The van der Waals surface area contributed by atoms with Crippen LogP contribution < -0.4 is 0 Å². The molecule has 120 valence electrons. The Balaban J connectivity index is 2.57. The molecule has 1 unspecified atom stereocenters. The van der Waals surface area contributed by atoms with E-state index in [0.29, 0.717) is 5.56 Å². The molecule has 1 aromatic carbocycles. The fourth-order valence-corrected chi connectivity index (χ4v) is 1.65. The number of hydrogen-bond donors (Lipinski definition) is 3. The Hall–Kier alpha value is -2.77. The van der Waals surface area contributed by atoms with E-state index in [-0.39, 0.29) is 24.3 Å². The molecule has 0 bridgehead atoms. The summed E-state index contributed by atoms with van der Waals surface area (Å²) in [5.74, 6) is -3.61. The molecule has 8 heteroatoms. The third-order valence-electron chi connectivity index (χ3n) is 2.76. The van der Waals surface area contributed by atoms with Crippen LogP contribution in [0.3, 0.4) is 0 Å². The predicted molar refractivity (Wildman–Crippen MR) is 72.2 cm³/mol. The number of hydrogen-bond acceptors (Lipinski definition) is 7. The van der Waals surface area contributed by atoms with Gasteiger partial charge in [0.15, 0.2) is 11.5 Å². The van der Waals surface area contributed by atoms with Crippen molar-refractivity contribution in [1.29, 1.82) is 0 Å². The molecule has 8 nitrogen and oxygen atoms in total. The van der Waals surface area contributed by atoms with Gasteiger partial charge in [-0.2, -0.15) is 0 Å². The second-order valence-electron chi connectivity index (χ2n) is 4.42. The minimum absolute atomic E-state index is 0.128. The van der Waals surface area contributed by atoms with Crippen molar-refractivity contribution >= 4 is 17.9 Å². The maximum absolute atomic E-state index is 11.6. The van der Waals surface area contributed by atoms with Gasteiger partial charge in [-0.25, -0.2) is 4.79 Å². The number of carbonyl (C=O) groups excluding carboxylic acids is 2. The average molecular weight is 312 g/mol. The highest BCUT2D eigenvalue weighted by atomic mass is 16.6. The van der Waals surface area contributed by atoms with Gasteiger partial charge in [0.2, 0.25) is 6.10 Å². The maximum Gasteiger partial charge on any atom is 0.347 e. The summed E-state index contributed by atoms with van der Waals surface area (Å²) in [7, 11) is 1.06. The van der Waals surface area contributed by atoms with Crippen LogP contribution in [-0.2, 0) is 30.3 Å². The standard InChI is InChI=1S/C14H16O8/c1-21-14(20)11(7-12(17)18)22-13(19)5-3-8-2-4-9(15)10(16)6-8/h2,4,6,11,15-16H,3,5,7H2,1H3,(H,17,18). The number of ether oxygens (including phenoxy) is 2. The fourth-order valence-electron chi connectivity index (χ4n) is 1.65. The Morgan fingerprint density at radius 1 is 1.18 bits per heavy atom. The topological polar surface area (TPSA) is 130 Å². The monoisotopic (exact) mass is 312 g/mol. The maximum atomic E-state index is 11.6. The van der Waals surface area contributed by atoms with E-state index in [0.717, 1.165) is 7.11 Å². The van der Waals surface area contributed by atoms with Crippen molar-refractivity contribution < 1.29 is 39.2 Å². The number of carbonyl (C=O) groups is 3. The second kappa shape index (κ2) is 7.87. The van der Waals surface area contributed by atoms with Crippen molar-refractivity contribution in [2.45, 2.75) is 25.4 Å². The summed E-state index contributed by atoms with van der Waals surface area (Å²) < 4.78 is 9.15. The van der Waals surface area contributed by atoms with Crippen LogP contribution >= 0.6 is 0 Å². The minimum Gasteiger partial charge on any atom is -0.504 e. The van der Waals surface area contributed by atoms with Crippen LogP contribution in [0.5, 0.6) is 11.5 Å². The molecule has 0 aromatic heterocycles. The number of aromatic hydroxyl groups is 2. The van der Waals surface area contributed by atoms with Gasteiger partial charge in [0, 0.05) is 6.42 Å². The van der Waals surface area contributed by atoms with Crippen LogP contribution in [0.15, 0.2) is 18.2 Å². The average Bonchev–Trinajstić information content (AvgIpc) is 2.46. The van der Waals surface area contributed by atoms with Gasteiger partial charge in [-0.15, -0.1) is 0 Å². The quantitative estimate of drug-likeness (QED) is 0.492. The lowest BCUT2D eigenvalue weighted by atomic mass is 10.1. The van der Waals surface area contributed by atoms with E-state index in [1.54, 1.807) is 0 Å². The molecule has 0 saturated heterocycles. The molecule has 0 amide bonds. The van der Waals surface area contributed by atoms with Crippen molar-refractivity contribution in [2.75, 3.05) is 7.11 Å². The molecule has 1 rings (SSSR count). The van der Waals surface area contributed by atoms with E-state index >= 15 is 0 Å². The molecule has 0 radical (unpaired) electrons. The molecule has 1 atom stereocenters. The molecule has 22 heavy (non-hydrogen) atoms. The number of rotatable bonds is 7. The molecule has 0 spiro atoms. The van der Waals surface area contributed by atoms with Gasteiger partial charge in [-0.1, -0.05) is 6.07 Å². The lowest BCUT2D eigenvalue weighted by Crippen LogP contribution is -2.31. The van der Waals surface area contributed by atoms with E-state index in [4.69, 9.17) is 14.9 Å². The van der Waals surface area contributed by atoms with E-state index in [2.05, 4.69) is 4.74 Å². The number of phenols is 2. The van der Waals surface area contributed by atoms with E-state index in [1.165, 1.54) is 18.2 Å². The Bertz CT molecular complexity index is 566. The molecule has 0 aliphatic rings. The Morgan fingerprint density at radius 2 is 1.86 bits per heavy atom. The van der Waals surface area contributed by atoms with Crippen LogP contribution in [0.25, 0.3) is 0 Å². The van der Waals surface area contributed by atoms with Crippen molar-refractivity contribution in [1.82, 2.24) is 0 Å². The third kappa shape index (κ3) is 5.31. The van der Waals surface area contributed by atoms with E-state index < -0.39 is 30.4 Å². The van der Waals surface area contributed by atoms with Gasteiger partial charge < -0.3 is 24.8 Å². The molecule has 0 aliphatic carbocycles. The Kier molecular flexibility index (Phi) is 6.18. The molecule has 0 saturated carbocycles. The lowest BCUT2D eigenvalue weighted by Gasteiger charge is -2.13. The highest BCUT2D eigenvalue weighted by Gasteiger charge is 2.26. The first-order valence-corrected chi connectivity index (χ1v) is 6.33. The SMILES string of the molecule is COC(=O)C(CC(=O)O)OC(=O)CCc1ccc(O)c(O)c1. The van der Waals surface area contributed by atoms with Crippen LogP contribution in [-0.4, -0.2) is 46.4 Å². The van der Waals surface area contributed by atoms with E-state index in [9.17, 15) is 19.5 Å². The van der Waals surface area contributed by atoms with Crippen molar-refractivity contribution in [3.8, 4) is 11.5 Å². The molecule has 0 fully saturated rings. The number of aliphatic carboxylic acids is 1. The second-order valence-corrected chi connectivity index (χ2v) is 4.42. The van der Waals surface area contributed by atoms with Crippen LogP contribution in [0.4, 0.5) is 0 Å². The van der Waals surface area contributed by atoms with Crippen molar-refractivity contribution in [3.05, 3.63) is 23.8 Å². The van der Waals surface area contributed by atoms with Gasteiger partial charge >= 0.3 is 17.9 Å². The smallest absolute Gasteiger partial charge is 0.347 e. The number of carboxylic acids is 1. The van der Waals surface area contributed by atoms with E-state index in [1.807, 2.05) is 0 Å². The zero-order valence-electron chi connectivity index (χ0n) is 11.8. The molecular formula is C14H16O8. The molecule has 0 heterocycles. The van der Waals surface area contributed by atoms with Crippen LogP contribution in [0.2, 0.25) is 0 Å². The first-order valence-electron chi connectivity index (χ1n) is 6.33. The summed E-state index contributed by atoms with van der Waals surface area (Å²) in [6, 6.07) is 4.08. The summed E-state index contributed by atoms with van der Waals surface area (Å²) in [6.07, 6.45) is -2.12. The number of esters is 2.